The molecule has 0 aromatic heterocycles. The van der Waals surface area contributed by atoms with Crippen molar-refractivity contribution >= 4 is 12.4 Å². The van der Waals surface area contributed by atoms with E-state index in [2.05, 4.69) is 36.5 Å². The van der Waals surface area contributed by atoms with Crippen LogP contribution in [0.5, 0.6) is 0 Å². The van der Waals surface area contributed by atoms with Gasteiger partial charge in [0, 0.05) is 26.2 Å². The van der Waals surface area contributed by atoms with Crippen LogP contribution in [0.1, 0.15) is 38.5 Å². The zero-order valence-electron chi connectivity index (χ0n) is 10.7. The summed E-state index contributed by atoms with van der Waals surface area (Å²) in [5, 5.41) is 0. The van der Waals surface area contributed by atoms with Crippen molar-refractivity contribution < 1.29 is 26.2 Å². The van der Waals surface area contributed by atoms with Gasteiger partial charge in [0.15, 0.2) is 0 Å². The Hall–Kier alpha value is 0.00312. The van der Waals surface area contributed by atoms with Crippen molar-refractivity contribution in [2.24, 2.45) is 5.92 Å². The zero-order valence-corrected chi connectivity index (χ0v) is 14.0. The number of hydrogen-bond acceptors (Lipinski definition) is 0. The quantitative estimate of drug-likeness (QED) is 0.625. The fourth-order valence-electron chi connectivity index (χ4n) is 3.21. The molecule has 0 N–H and O–H groups in total. The van der Waals surface area contributed by atoms with E-state index in [-0.39, 0.29) is 38.6 Å². The molecule has 0 aliphatic heterocycles. The Balaban J connectivity index is 0.000000810. The average molecular weight is 339 g/mol. The summed E-state index contributed by atoms with van der Waals surface area (Å²) in [5.41, 5.74) is 3.26. The van der Waals surface area contributed by atoms with E-state index in [1.807, 2.05) is 0 Å². The normalized spacial score (nSPS) is 25.3. The molecular weight excluding hydrogens is 319 g/mol. The molecule has 0 aromatic carbocycles. The molecule has 0 radical (unpaired) electrons. The van der Waals surface area contributed by atoms with E-state index in [9.17, 15) is 0 Å². The summed E-state index contributed by atoms with van der Waals surface area (Å²) in [7, 11) is 0. The topological polar surface area (TPSA) is 0 Å². The Kier molecular flexibility index (Phi) is 6.74. The SMILES string of the molecule is C1=CCC([C-]2CCCCC2C2=CC=CC2)=C1.Cl.[Zr]. The van der Waals surface area contributed by atoms with E-state index in [4.69, 9.17) is 0 Å². The summed E-state index contributed by atoms with van der Waals surface area (Å²) in [6.07, 6.45) is 21.6. The van der Waals surface area contributed by atoms with Crippen LogP contribution < -0.4 is 0 Å². The summed E-state index contributed by atoms with van der Waals surface area (Å²) < 4.78 is 0. The summed E-state index contributed by atoms with van der Waals surface area (Å²) in [6, 6.07) is 0. The molecule has 3 aliphatic rings. The van der Waals surface area contributed by atoms with Gasteiger partial charge in [-0.25, -0.2) is 17.6 Å². The van der Waals surface area contributed by atoms with Crippen LogP contribution >= 0.6 is 12.4 Å². The molecule has 1 fully saturated rings. The van der Waals surface area contributed by atoms with Gasteiger partial charge >= 0.3 is 0 Å². The van der Waals surface area contributed by atoms with E-state index >= 15 is 0 Å². The fraction of sp³-hybridized carbons (Fsp3) is 0.438. The van der Waals surface area contributed by atoms with Crippen LogP contribution in [0.15, 0.2) is 47.6 Å². The molecule has 96 valence electrons. The van der Waals surface area contributed by atoms with Gasteiger partial charge in [-0.15, -0.1) is 24.6 Å². The van der Waals surface area contributed by atoms with Crippen molar-refractivity contribution in [3.8, 4) is 0 Å². The first-order valence-electron chi connectivity index (χ1n) is 6.52. The van der Waals surface area contributed by atoms with Gasteiger partial charge in [-0.2, -0.15) is 0 Å². The van der Waals surface area contributed by atoms with Crippen LogP contribution in [0, 0.1) is 11.8 Å². The third-order valence-electron chi connectivity index (χ3n) is 4.04. The molecule has 3 rings (SSSR count). The largest absolute Gasteiger partial charge is 0.206 e. The number of halogens is 1. The van der Waals surface area contributed by atoms with Gasteiger partial charge < -0.3 is 0 Å². The first-order chi connectivity index (χ1) is 7.95. The Morgan fingerprint density at radius 3 is 2.44 bits per heavy atom. The van der Waals surface area contributed by atoms with Gasteiger partial charge in [-0.3, -0.25) is 0 Å². The van der Waals surface area contributed by atoms with Crippen molar-refractivity contribution in [1.82, 2.24) is 0 Å². The molecule has 0 saturated heterocycles. The van der Waals surface area contributed by atoms with E-state index in [0.717, 1.165) is 5.92 Å². The summed E-state index contributed by atoms with van der Waals surface area (Å²) >= 11 is 0. The second kappa shape index (κ2) is 7.56. The minimum atomic E-state index is 0. The van der Waals surface area contributed by atoms with Crippen molar-refractivity contribution in [3.63, 3.8) is 0 Å². The van der Waals surface area contributed by atoms with Gasteiger partial charge in [-0.05, 0) is 12.8 Å². The monoisotopic (exact) mass is 337 g/mol. The molecule has 0 heterocycles. The van der Waals surface area contributed by atoms with E-state index in [1.54, 1.807) is 17.1 Å². The summed E-state index contributed by atoms with van der Waals surface area (Å²) in [5.74, 6) is 2.50. The maximum atomic E-state index is 2.35. The maximum absolute atomic E-state index is 2.35. The minimum Gasteiger partial charge on any atom is -0.206 e. The minimum absolute atomic E-state index is 0. The van der Waals surface area contributed by atoms with Crippen molar-refractivity contribution in [3.05, 3.63) is 53.5 Å². The molecule has 18 heavy (non-hydrogen) atoms. The second-order valence-corrected chi connectivity index (χ2v) is 5.02. The van der Waals surface area contributed by atoms with E-state index in [1.165, 1.54) is 38.5 Å². The number of allylic oxidation sites excluding steroid dienone is 8. The molecule has 1 unspecified atom stereocenters. The molecule has 2 heteroatoms. The Bertz CT molecular complexity index is 352. The van der Waals surface area contributed by atoms with Gasteiger partial charge in [0.25, 0.3) is 0 Å². The van der Waals surface area contributed by atoms with Crippen LogP contribution in [-0.4, -0.2) is 0 Å². The molecule has 0 spiro atoms. The molecule has 3 aliphatic carbocycles. The third-order valence-corrected chi connectivity index (χ3v) is 4.04. The molecule has 1 atom stereocenters. The van der Waals surface area contributed by atoms with Crippen LogP contribution in [0.4, 0.5) is 0 Å². The number of hydrogen-bond donors (Lipinski definition) is 0. The smallest absolute Gasteiger partial charge is 0 e. The van der Waals surface area contributed by atoms with Crippen LogP contribution in [0.3, 0.4) is 0 Å². The van der Waals surface area contributed by atoms with Crippen molar-refractivity contribution in [2.45, 2.75) is 38.5 Å². The number of rotatable bonds is 2. The van der Waals surface area contributed by atoms with Crippen molar-refractivity contribution in [2.75, 3.05) is 0 Å². The summed E-state index contributed by atoms with van der Waals surface area (Å²) in [4.78, 5) is 0. The molecule has 1 saturated carbocycles. The molecule has 0 bridgehead atoms. The molecule has 0 aromatic rings. The standard InChI is InChI=1S/C16H19.ClH.Zr/c1-2-8-13(7-1)15-11-5-6-12-16(15)14-9-3-4-10-14;;/h1-4,7,9,15H,5-6,8,10-12H2;1H;/q-1;;. The predicted octanol–water partition coefficient (Wildman–Crippen LogP) is 4.94. The van der Waals surface area contributed by atoms with Gasteiger partial charge in [0.05, 0.1) is 0 Å². The van der Waals surface area contributed by atoms with E-state index < -0.39 is 0 Å². The van der Waals surface area contributed by atoms with Crippen LogP contribution in [-0.2, 0) is 26.2 Å². The van der Waals surface area contributed by atoms with Gasteiger partial charge in [-0.1, -0.05) is 55.4 Å². The molecule has 0 nitrogen and oxygen atoms in total. The molecule has 0 amide bonds. The first-order valence-corrected chi connectivity index (χ1v) is 6.52. The molecular formula is C16H20ClZr-. The zero-order chi connectivity index (χ0) is 10.8. The summed E-state index contributed by atoms with van der Waals surface area (Å²) in [6.45, 7) is 0. The van der Waals surface area contributed by atoms with Gasteiger partial charge in [0.2, 0.25) is 0 Å². The predicted molar refractivity (Wildman–Crippen MR) is 76.1 cm³/mol. The Morgan fingerprint density at radius 1 is 1.00 bits per heavy atom. The van der Waals surface area contributed by atoms with Crippen LogP contribution in [0.25, 0.3) is 0 Å². The first kappa shape index (κ1) is 16.1. The third kappa shape index (κ3) is 3.31. The average Bonchev–Trinajstić information content (AvgIpc) is 3.03. The Labute approximate surface area is 136 Å². The van der Waals surface area contributed by atoms with Crippen LogP contribution in [0.2, 0.25) is 0 Å². The Morgan fingerprint density at radius 2 is 1.78 bits per heavy atom. The fourth-order valence-corrected chi connectivity index (χ4v) is 3.21. The second-order valence-electron chi connectivity index (χ2n) is 5.02. The van der Waals surface area contributed by atoms with E-state index in [0.29, 0.717) is 0 Å². The maximum Gasteiger partial charge on any atom is 0 e. The van der Waals surface area contributed by atoms with Gasteiger partial charge in [0.1, 0.15) is 0 Å². The van der Waals surface area contributed by atoms with Crippen molar-refractivity contribution in [1.29, 1.82) is 0 Å².